The average molecular weight is 530 g/mol. The monoisotopic (exact) mass is 529 g/mol. The highest BCUT2D eigenvalue weighted by Crippen LogP contribution is 2.36. The van der Waals surface area contributed by atoms with E-state index in [0.29, 0.717) is 19.4 Å². The molecular formula is C29H43N3O6. The lowest BCUT2D eigenvalue weighted by molar-refractivity contribution is -0.146. The lowest BCUT2D eigenvalue weighted by Crippen LogP contribution is -2.53. The van der Waals surface area contributed by atoms with E-state index in [1.807, 2.05) is 51.1 Å². The van der Waals surface area contributed by atoms with E-state index in [4.69, 9.17) is 9.47 Å². The van der Waals surface area contributed by atoms with Gasteiger partial charge in [0.25, 0.3) is 0 Å². The predicted octanol–water partition coefficient (Wildman–Crippen LogP) is 4.02. The van der Waals surface area contributed by atoms with Crippen LogP contribution in [-0.2, 0) is 23.9 Å². The number of alkyl carbamates (subject to hydrolysis) is 1. The predicted molar refractivity (Wildman–Crippen MR) is 143 cm³/mol. The van der Waals surface area contributed by atoms with Crippen molar-refractivity contribution in [1.82, 2.24) is 16.0 Å². The van der Waals surface area contributed by atoms with Crippen molar-refractivity contribution in [3.05, 3.63) is 35.9 Å². The largest absolute Gasteiger partial charge is 0.467 e. The van der Waals surface area contributed by atoms with Crippen LogP contribution in [0.5, 0.6) is 0 Å². The van der Waals surface area contributed by atoms with Crippen LogP contribution in [0.2, 0.25) is 0 Å². The Hall–Kier alpha value is -3.10. The van der Waals surface area contributed by atoms with E-state index in [-0.39, 0.29) is 29.6 Å². The molecular weight excluding hydrogens is 486 g/mol. The Morgan fingerprint density at radius 2 is 1.66 bits per heavy atom. The zero-order valence-corrected chi connectivity index (χ0v) is 23.1. The molecule has 1 aromatic rings. The van der Waals surface area contributed by atoms with E-state index in [9.17, 15) is 19.2 Å². The third-order valence-electron chi connectivity index (χ3n) is 7.50. The number of hydrogen-bond acceptors (Lipinski definition) is 6. The SMILES string of the molecule is COC(=O)[C@H](C[C@@H]1CCNC1=O)NC(=O)[C@H](CC1CCCCC1)NC(=O)OC(c1ccccc1)C(C)(C)C. The second-order valence-corrected chi connectivity index (χ2v) is 11.6. The van der Waals surface area contributed by atoms with E-state index in [0.717, 1.165) is 31.2 Å². The number of carbonyl (C=O) groups is 4. The molecule has 1 unspecified atom stereocenters. The van der Waals surface area contributed by atoms with Gasteiger partial charge in [-0.25, -0.2) is 9.59 Å². The van der Waals surface area contributed by atoms with Crippen LogP contribution in [0.3, 0.4) is 0 Å². The summed E-state index contributed by atoms with van der Waals surface area (Å²) in [5.74, 6) is -1.33. The molecule has 2 aliphatic rings. The van der Waals surface area contributed by atoms with Gasteiger partial charge < -0.3 is 25.4 Å². The van der Waals surface area contributed by atoms with Crippen molar-refractivity contribution in [2.24, 2.45) is 17.3 Å². The zero-order chi connectivity index (χ0) is 27.7. The molecule has 4 atom stereocenters. The van der Waals surface area contributed by atoms with Crippen LogP contribution in [0.25, 0.3) is 0 Å². The van der Waals surface area contributed by atoms with E-state index in [2.05, 4.69) is 16.0 Å². The Balaban J connectivity index is 1.74. The maximum absolute atomic E-state index is 13.5. The molecule has 3 amide bonds. The first-order chi connectivity index (χ1) is 18.1. The van der Waals surface area contributed by atoms with Crippen LogP contribution in [0, 0.1) is 17.3 Å². The second kappa shape index (κ2) is 13.6. The van der Waals surface area contributed by atoms with Crippen LogP contribution in [0.1, 0.15) is 83.8 Å². The van der Waals surface area contributed by atoms with Gasteiger partial charge in [0.2, 0.25) is 11.8 Å². The molecule has 2 fully saturated rings. The van der Waals surface area contributed by atoms with Crippen molar-refractivity contribution < 1.29 is 28.7 Å². The van der Waals surface area contributed by atoms with Gasteiger partial charge in [0.1, 0.15) is 18.2 Å². The number of nitrogens with one attached hydrogen (secondary N) is 3. The number of rotatable bonds is 10. The van der Waals surface area contributed by atoms with E-state index in [1.54, 1.807) is 0 Å². The first kappa shape index (κ1) is 29.5. The minimum Gasteiger partial charge on any atom is -0.467 e. The van der Waals surface area contributed by atoms with Gasteiger partial charge in [-0.1, -0.05) is 83.2 Å². The van der Waals surface area contributed by atoms with Crippen LogP contribution in [0.4, 0.5) is 4.79 Å². The summed E-state index contributed by atoms with van der Waals surface area (Å²) in [7, 11) is 1.25. The van der Waals surface area contributed by atoms with Crippen molar-refractivity contribution in [3.8, 4) is 0 Å². The van der Waals surface area contributed by atoms with Gasteiger partial charge in [-0.2, -0.15) is 0 Å². The van der Waals surface area contributed by atoms with Crippen molar-refractivity contribution >= 4 is 23.9 Å². The highest BCUT2D eigenvalue weighted by Gasteiger charge is 2.36. The molecule has 9 nitrogen and oxygen atoms in total. The minimum atomic E-state index is -0.986. The van der Waals surface area contributed by atoms with Gasteiger partial charge in [-0.15, -0.1) is 0 Å². The summed E-state index contributed by atoms with van der Waals surface area (Å²) in [5, 5.41) is 8.31. The van der Waals surface area contributed by atoms with E-state index >= 15 is 0 Å². The van der Waals surface area contributed by atoms with Crippen molar-refractivity contribution in [2.75, 3.05) is 13.7 Å². The maximum Gasteiger partial charge on any atom is 0.408 e. The number of esters is 1. The number of ether oxygens (including phenoxy) is 2. The number of carbonyl (C=O) groups excluding carboxylic acids is 4. The highest BCUT2D eigenvalue weighted by atomic mass is 16.6. The molecule has 1 saturated carbocycles. The first-order valence-corrected chi connectivity index (χ1v) is 13.8. The topological polar surface area (TPSA) is 123 Å². The van der Waals surface area contributed by atoms with Crippen LogP contribution in [-0.4, -0.2) is 49.6 Å². The Labute approximate surface area is 225 Å². The molecule has 0 aromatic heterocycles. The summed E-state index contributed by atoms with van der Waals surface area (Å²) < 4.78 is 10.8. The van der Waals surface area contributed by atoms with Gasteiger partial charge in [-0.05, 0) is 30.7 Å². The Morgan fingerprint density at radius 1 is 0.974 bits per heavy atom. The zero-order valence-electron chi connectivity index (χ0n) is 23.1. The summed E-state index contributed by atoms with van der Waals surface area (Å²) in [5.41, 5.74) is 0.488. The summed E-state index contributed by atoms with van der Waals surface area (Å²) in [6.45, 7) is 6.51. The molecule has 0 spiro atoms. The van der Waals surface area contributed by atoms with E-state index < -0.39 is 36.2 Å². The van der Waals surface area contributed by atoms with Gasteiger partial charge in [0.05, 0.1) is 7.11 Å². The quantitative estimate of drug-likeness (QED) is 0.394. The van der Waals surface area contributed by atoms with Crippen molar-refractivity contribution in [2.45, 2.75) is 90.3 Å². The Kier molecular flexibility index (Phi) is 10.6. The van der Waals surface area contributed by atoms with Crippen molar-refractivity contribution in [1.29, 1.82) is 0 Å². The van der Waals surface area contributed by atoms with Gasteiger partial charge >= 0.3 is 12.1 Å². The number of benzene rings is 1. The Bertz CT molecular complexity index is 955. The molecule has 9 heteroatoms. The molecule has 1 aromatic carbocycles. The normalized spacial score (nSPS) is 20.5. The van der Waals surface area contributed by atoms with Crippen LogP contribution in [0.15, 0.2) is 30.3 Å². The first-order valence-electron chi connectivity index (χ1n) is 13.8. The summed E-state index contributed by atoms with van der Waals surface area (Å²) in [6.07, 6.45) is 5.29. The lowest BCUT2D eigenvalue weighted by Gasteiger charge is -2.32. The standard InChI is InChI=1S/C29H43N3O6/c1-29(2,3)24(20-13-9-6-10-14-20)38-28(36)32-22(17-19-11-7-5-8-12-19)26(34)31-23(27(35)37-4)18-21-15-16-30-25(21)33/h6,9-10,13-14,19,21-24H,5,7-8,11-12,15-18H2,1-4H3,(H,30,33)(H,31,34)(H,32,36)/t21-,22-,23-,24?/m0/s1. The molecule has 0 radical (unpaired) electrons. The number of hydrogen-bond donors (Lipinski definition) is 3. The molecule has 1 heterocycles. The maximum atomic E-state index is 13.5. The van der Waals surface area contributed by atoms with Crippen LogP contribution >= 0.6 is 0 Å². The van der Waals surface area contributed by atoms with Gasteiger partial charge in [0.15, 0.2) is 0 Å². The smallest absolute Gasteiger partial charge is 0.408 e. The summed E-state index contributed by atoms with van der Waals surface area (Å²) in [4.78, 5) is 51.3. The fraction of sp³-hybridized carbons (Fsp3) is 0.655. The fourth-order valence-electron chi connectivity index (χ4n) is 5.43. The average Bonchev–Trinajstić information content (AvgIpc) is 3.30. The third-order valence-corrected chi connectivity index (χ3v) is 7.50. The molecule has 1 aliphatic heterocycles. The molecule has 1 aliphatic carbocycles. The van der Waals surface area contributed by atoms with Crippen molar-refractivity contribution in [3.63, 3.8) is 0 Å². The fourth-order valence-corrected chi connectivity index (χ4v) is 5.43. The minimum absolute atomic E-state index is 0.136. The second-order valence-electron chi connectivity index (χ2n) is 11.6. The van der Waals surface area contributed by atoms with Gasteiger partial charge in [0, 0.05) is 17.9 Å². The highest BCUT2D eigenvalue weighted by molar-refractivity contribution is 5.90. The number of amides is 3. The summed E-state index contributed by atoms with van der Waals surface area (Å²) >= 11 is 0. The molecule has 38 heavy (non-hydrogen) atoms. The molecule has 3 N–H and O–H groups in total. The molecule has 210 valence electrons. The number of methoxy groups -OCH3 is 1. The van der Waals surface area contributed by atoms with Gasteiger partial charge in [-0.3, -0.25) is 9.59 Å². The Morgan fingerprint density at radius 3 is 2.24 bits per heavy atom. The molecule has 3 rings (SSSR count). The van der Waals surface area contributed by atoms with Crippen LogP contribution < -0.4 is 16.0 Å². The van der Waals surface area contributed by atoms with E-state index in [1.165, 1.54) is 13.5 Å². The molecule has 1 saturated heterocycles. The molecule has 0 bridgehead atoms. The third kappa shape index (κ3) is 8.46. The lowest BCUT2D eigenvalue weighted by atomic mass is 9.84. The summed E-state index contributed by atoms with van der Waals surface area (Å²) in [6, 6.07) is 7.65.